The first-order valence-corrected chi connectivity index (χ1v) is 11.2. The monoisotopic (exact) mass is 415 g/mol. The number of piperidine rings is 1. The molecular weight excluding hydrogens is 382 g/mol. The zero-order valence-corrected chi connectivity index (χ0v) is 18.0. The number of carbonyl (C=O) groups excluding carboxylic acids is 2. The van der Waals surface area contributed by atoms with Crippen LogP contribution in [-0.2, 0) is 4.74 Å². The van der Waals surface area contributed by atoms with E-state index < -0.39 is 5.60 Å². The molecular formula is C22H33N5O3. The number of likely N-dealkylation sites (tertiary alicyclic amines) is 1. The lowest BCUT2D eigenvalue weighted by Gasteiger charge is -2.37. The van der Waals surface area contributed by atoms with E-state index in [1.165, 1.54) is 0 Å². The number of likely N-dealkylation sites (N-methyl/N-ethyl adjacent to an activating group) is 1. The van der Waals surface area contributed by atoms with Crippen LogP contribution in [0.25, 0.3) is 0 Å². The van der Waals surface area contributed by atoms with Gasteiger partial charge in [-0.05, 0) is 31.6 Å². The van der Waals surface area contributed by atoms with E-state index in [0.29, 0.717) is 38.2 Å². The normalized spacial score (nSPS) is 22.5. The fourth-order valence-corrected chi connectivity index (χ4v) is 4.71. The van der Waals surface area contributed by atoms with E-state index in [1.807, 2.05) is 15.9 Å². The van der Waals surface area contributed by atoms with Gasteiger partial charge in [0.15, 0.2) is 0 Å². The van der Waals surface area contributed by atoms with Crippen LogP contribution in [0.5, 0.6) is 0 Å². The summed E-state index contributed by atoms with van der Waals surface area (Å²) in [6.07, 6.45) is 3.79. The van der Waals surface area contributed by atoms with E-state index in [-0.39, 0.29) is 12.0 Å². The van der Waals surface area contributed by atoms with Crippen LogP contribution in [0.1, 0.15) is 36.7 Å². The summed E-state index contributed by atoms with van der Waals surface area (Å²) < 4.78 is 5.82. The third-order valence-electron chi connectivity index (χ3n) is 6.70. The maximum absolute atomic E-state index is 12.6. The van der Waals surface area contributed by atoms with Gasteiger partial charge in [-0.15, -0.1) is 0 Å². The van der Waals surface area contributed by atoms with Crippen LogP contribution in [0.3, 0.4) is 0 Å². The van der Waals surface area contributed by atoms with Crippen molar-refractivity contribution in [2.24, 2.45) is 0 Å². The molecule has 4 rings (SSSR count). The van der Waals surface area contributed by atoms with Crippen LogP contribution in [0.15, 0.2) is 24.4 Å². The minimum Gasteiger partial charge on any atom is -0.441 e. The highest BCUT2D eigenvalue weighted by Gasteiger charge is 2.47. The highest BCUT2D eigenvalue weighted by Crippen LogP contribution is 2.33. The standard InChI is InChI=1S/C22H33N5O3/c1-2-24-14-16-25(17-15-24)10-5-11-27-18-22(30-21(27)29)7-12-26(13-8-22)20(28)19-6-3-4-9-23-19/h3-4,6,9H,2,5,7-8,10-18H2,1H3. The zero-order valence-electron chi connectivity index (χ0n) is 18.0. The number of rotatable bonds is 6. The molecule has 0 bridgehead atoms. The molecule has 8 heteroatoms. The van der Waals surface area contributed by atoms with Gasteiger partial charge in [0.2, 0.25) is 0 Å². The summed E-state index contributed by atoms with van der Waals surface area (Å²) in [6, 6.07) is 5.37. The van der Waals surface area contributed by atoms with Gasteiger partial charge >= 0.3 is 6.09 Å². The van der Waals surface area contributed by atoms with Crippen LogP contribution >= 0.6 is 0 Å². The molecule has 0 unspecified atom stereocenters. The van der Waals surface area contributed by atoms with Crippen molar-refractivity contribution < 1.29 is 14.3 Å². The van der Waals surface area contributed by atoms with Gasteiger partial charge in [0.05, 0.1) is 6.54 Å². The van der Waals surface area contributed by atoms with Gasteiger partial charge < -0.3 is 24.3 Å². The lowest BCUT2D eigenvalue weighted by molar-refractivity contribution is 0.00296. The molecule has 30 heavy (non-hydrogen) atoms. The largest absolute Gasteiger partial charge is 0.441 e. The van der Waals surface area contributed by atoms with Crippen LogP contribution in [0, 0.1) is 0 Å². The number of piperazine rings is 1. The first kappa shape index (κ1) is 21.1. The Bertz CT molecular complexity index is 728. The van der Waals surface area contributed by atoms with Gasteiger partial charge in [0.1, 0.15) is 11.3 Å². The summed E-state index contributed by atoms with van der Waals surface area (Å²) in [5.74, 6) is -0.0465. The van der Waals surface area contributed by atoms with Crippen molar-refractivity contribution in [3.63, 3.8) is 0 Å². The maximum Gasteiger partial charge on any atom is 0.410 e. The molecule has 164 valence electrons. The Kier molecular flexibility index (Phi) is 6.53. The molecule has 1 spiro atoms. The highest BCUT2D eigenvalue weighted by molar-refractivity contribution is 5.92. The van der Waals surface area contributed by atoms with Gasteiger partial charge in [-0.2, -0.15) is 0 Å². The van der Waals surface area contributed by atoms with Gasteiger partial charge in [0, 0.05) is 64.9 Å². The predicted octanol–water partition coefficient (Wildman–Crippen LogP) is 1.54. The lowest BCUT2D eigenvalue weighted by atomic mass is 9.91. The fraction of sp³-hybridized carbons (Fsp3) is 0.682. The molecule has 0 atom stereocenters. The number of pyridine rings is 1. The summed E-state index contributed by atoms with van der Waals surface area (Å²) in [5.41, 5.74) is 0.0309. The Morgan fingerprint density at radius 3 is 2.47 bits per heavy atom. The Balaban J connectivity index is 1.21. The fourth-order valence-electron chi connectivity index (χ4n) is 4.71. The average molecular weight is 416 g/mol. The molecule has 0 aliphatic carbocycles. The van der Waals surface area contributed by atoms with Crippen LogP contribution < -0.4 is 0 Å². The van der Waals surface area contributed by atoms with E-state index in [0.717, 1.165) is 52.2 Å². The third kappa shape index (κ3) is 4.75. The quantitative estimate of drug-likeness (QED) is 0.702. The molecule has 0 aromatic carbocycles. The molecule has 3 saturated heterocycles. The van der Waals surface area contributed by atoms with Crippen molar-refractivity contribution in [2.45, 2.75) is 31.8 Å². The molecule has 2 amide bonds. The summed E-state index contributed by atoms with van der Waals surface area (Å²) in [5, 5.41) is 0. The minimum absolute atomic E-state index is 0.0465. The first-order chi connectivity index (χ1) is 14.6. The van der Waals surface area contributed by atoms with Crippen LogP contribution in [0.2, 0.25) is 0 Å². The number of hydrogen-bond acceptors (Lipinski definition) is 6. The van der Waals surface area contributed by atoms with E-state index >= 15 is 0 Å². The topological polar surface area (TPSA) is 69.2 Å². The first-order valence-electron chi connectivity index (χ1n) is 11.2. The van der Waals surface area contributed by atoms with Crippen molar-refractivity contribution in [1.29, 1.82) is 0 Å². The average Bonchev–Trinajstić information content (AvgIpc) is 3.09. The van der Waals surface area contributed by atoms with Crippen molar-refractivity contribution in [2.75, 3.05) is 65.4 Å². The van der Waals surface area contributed by atoms with Crippen molar-refractivity contribution in [1.82, 2.24) is 24.6 Å². The van der Waals surface area contributed by atoms with E-state index in [9.17, 15) is 9.59 Å². The Morgan fingerprint density at radius 1 is 1.07 bits per heavy atom. The second-order valence-corrected chi connectivity index (χ2v) is 8.61. The summed E-state index contributed by atoms with van der Waals surface area (Å²) in [7, 11) is 0. The number of ether oxygens (including phenoxy) is 1. The molecule has 3 aliphatic rings. The van der Waals surface area contributed by atoms with Gasteiger partial charge in [-0.25, -0.2) is 4.79 Å². The molecule has 3 fully saturated rings. The van der Waals surface area contributed by atoms with Crippen LogP contribution in [0.4, 0.5) is 4.79 Å². The van der Waals surface area contributed by atoms with Crippen molar-refractivity contribution >= 4 is 12.0 Å². The predicted molar refractivity (Wildman–Crippen MR) is 113 cm³/mol. The maximum atomic E-state index is 12.6. The number of aromatic nitrogens is 1. The molecule has 0 N–H and O–H groups in total. The SMILES string of the molecule is CCN1CCN(CCCN2CC3(CCN(C(=O)c4ccccn4)CC3)OC2=O)CC1. The third-order valence-corrected chi connectivity index (χ3v) is 6.70. The molecule has 0 radical (unpaired) electrons. The molecule has 8 nitrogen and oxygen atoms in total. The second-order valence-electron chi connectivity index (χ2n) is 8.61. The molecule has 0 saturated carbocycles. The summed E-state index contributed by atoms with van der Waals surface area (Å²) in [4.78, 5) is 37.8. The van der Waals surface area contributed by atoms with E-state index in [2.05, 4.69) is 21.7 Å². The number of hydrogen-bond donors (Lipinski definition) is 0. The van der Waals surface area contributed by atoms with E-state index in [4.69, 9.17) is 4.74 Å². The Hall–Kier alpha value is -2.19. The summed E-state index contributed by atoms with van der Waals surface area (Å²) >= 11 is 0. The smallest absolute Gasteiger partial charge is 0.410 e. The van der Waals surface area contributed by atoms with Gasteiger partial charge in [-0.3, -0.25) is 9.78 Å². The molecule has 4 heterocycles. The van der Waals surface area contributed by atoms with Crippen LogP contribution in [-0.4, -0.2) is 108 Å². The van der Waals surface area contributed by atoms with Gasteiger partial charge in [-0.1, -0.05) is 13.0 Å². The minimum atomic E-state index is -0.440. The lowest BCUT2D eigenvalue weighted by Crippen LogP contribution is -2.49. The molecule has 1 aromatic rings. The van der Waals surface area contributed by atoms with Crippen molar-refractivity contribution in [3.8, 4) is 0 Å². The number of amides is 2. The highest BCUT2D eigenvalue weighted by atomic mass is 16.6. The van der Waals surface area contributed by atoms with E-state index in [1.54, 1.807) is 18.3 Å². The second kappa shape index (κ2) is 9.31. The molecule has 3 aliphatic heterocycles. The number of carbonyl (C=O) groups is 2. The Morgan fingerprint density at radius 2 is 1.80 bits per heavy atom. The van der Waals surface area contributed by atoms with Gasteiger partial charge in [0.25, 0.3) is 5.91 Å². The van der Waals surface area contributed by atoms with Crippen molar-refractivity contribution in [3.05, 3.63) is 30.1 Å². The number of nitrogens with zero attached hydrogens (tertiary/aromatic N) is 5. The molecule has 1 aromatic heterocycles. The zero-order chi connectivity index (χ0) is 21.0. The Labute approximate surface area is 178 Å². The summed E-state index contributed by atoms with van der Waals surface area (Å²) in [6.45, 7) is 11.4.